The number of hydrogen-bond donors (Lipinski definition) is 2. The molecule has 0 aliphatic rings. The number of halogens is 1. The summed E-state index contributed by atoms with van der Waals surface area (Å²) in [7, 11) is 0. The molecule has 1 aromatic carbocycles. The Balaban J connectivity index is 1.97. The second kappa shape index (κ2) is 5.97. The lowest BCUT2D eigenvalue weighted by molar-refractivity contribution is 0.468. The molecule has 0 unspecified atom stereocenters. The van der Waals surface area contributed by atoms with Gasteiger partial charge in [-0.15, -0.1) is 0 Å². The first kappa shape index (κ1) is 13.6. The number of H-pyrrole nitrogens is 1. The first-order valence-corrected chi connectivity index (χ1v) is 7.02. The number of nitrogens with zero attached hydrogens (tertiary/aromatic N) is 3. The molecule has 0 radical (unpaired) electrons. The number of imidazole rings is 1. The zero-order chi connectivity index (χ0) is 14.7. The number of rotatable bonds is 5. The minimum atomic E-state index is 0.415. The van der Waals surface area contributed by atoms with Crippen LogP contribution in [0.4, 0.5) is 5.95 Å². The van der Waals surface area contributed by atoms with Crippen LogP contribution < -0.4 is 10.1 Å². The van der Waals surface area contributed by atoms with Crippen LogP contribution in [0.15, 0.2) is 30.6 Å². The van der Waals surface area contributed by atoms with Gasteiger partial charge in [-0.1, -0.05) is 24.6 Å². The van der Waals surface area contributed by atoms with Gasteiger partial charge in [0.15, 0.2) is 5.65 Å². The zero-order valence-corrected chi connectivity index (χ0v) is 12.2. The van der Waals surface area contributed by atoms with Crippen molar-refractivity contribution < 1.29 is 4.74 Å². The average molecular weight is 304 g/mol. The summed E-state index contributed by atoms with van der Waals surface area (Å²) < 4.78 is 5.80. The maximum Gasteiger partial charge on any atom is 0.250 e. The van der Waals surface area contributed by atoms with E-state index in [1.165, 1.54) is 0 Å². The van der Waals surface area contributed by atoms with Gasteiger partial charge in [0.2, 0.25) is 5.95 Å². The first-order valence-electron chi connectivity index (χ1n) is 6.64. The molecule has 0 saturated heterocycles. The number of aromatic amines is 1. The van der Waals surface area contributed by atoms with Crippen molar-refractivity contribution in [2.24, 2.45) is 0 Å². The highest BCUT2D eigenvalue weighted by atomic mass is 35.5. The molecule has 0 aliphatic carbocycles. The number of hydrogen-bond acceptors (Lipinski definition) is 5. The Labute approximate surface area is 126 Å². The van der Waals surface area contributed by atoms with E-state index in [1.807, 2.05) is 12.1 Å². The highest BCUT2D eigenvalue weighted by Gasteiger charge is 2.12. The van der Waals surface area contributed by atoms with Crippen LogP contribution in [0.1, 0.15) is 13.3 Å². The van der Waals surface area contributed by atoms with Crippen molar-refractivity contribution in [1.29, 1.82) is 0 Å². The van der Waals surface area contributed by atoms with E-state index < -0.39 is 0 Å². The summed E-state index contributed by atoms with van der Waals surface area (Å²) in [5.41, 5.74) is 1.21. The van der Waals surface area contributed by atoms with Gasteiger partial charge < -0.3 is 15.0 Å². The Bertz CT molecular complexity index is 758. The number of anilines is 1. The van der Waals surface area contributed by atoms with Gasteiger partial charge in [-0.2, -0.15) is 9.97 Å². The fourth-order valence-electron chi connectivity index (χ4n) is 1.84. The molecule has 0 aliphatic heterocycles. The molecule has 0 atom stereocenters. The standard InChI is InChI=1S/C14H14ClN5O/c1-2-6-16-14-19-12-11(17-8-18-12)13(20-14)21-10-5-3-4-9(15)7-10/h3-5,7-8H,2,6H2,1H3,(H2,16,17,18,19,20). The van der Waals surface area contributed by atoms with E-state index in [2.05, 4.69) is 32.2 Å². The predicted molar refractivity (Wildman–Crippen MR) is 82.0 cm³/mol. The van der Waals surface area contributed by atoms with E-state index in [4.69, 9.17) is 16.3 Å². The van der Waals surface area contributed by atoms with Crippen molar-refractivity contribution in [3.05, 3.63) is 35.6 Å². The molecule has 2 aromatic heterocycles. The van der Waals surface area contributed by atoms with Gasteiger partial charge >= 0.3 is 0 Å². The third-order valence-corrected chi connectivity index (χ3v) is 3.03. The summed E-state index contributed by atoms with van der Waals surface area (Å²) in [6.07, 6.45) is 2.54. The summed E-state index contributed by atoms with van der Waals surface area (Å²) in [6.45, 7) is 2.86. The highest BCUT2D eigenvalue weighted by molar-refractivity contribution is 6.30. The zero-order valence-electron chi connectivity index (χ0n) is 11.4. The smallest absolute Gasteiger partial charge is 0.250 e. The van der Waals surface area contributed by atoms with Crippen molar-refractivity contribution in [2.45, 2.75) is 13.3 Å². The summed E-state index contributed by atoms with van der Waals surface area (Å²) in [6, 6.07) is 7.15. The Morgan fingerprint density at radius 3 is 3.05 bits per heavy atom. The largest absolute Gasteiger partial charge is 0.437 e. The lowest BCUT2D eigenvalue weighted by Gasteiger charge is -2.08. The van der Waals surface area contributed by atoms with Crippen LogP contribution >= 0.6 is 11.6 Å². The Hall–Kier alpha value is -2.34. The number of nitrogens with one attached hydrogen (secondary N) is 2. The Morgan fingerprint density at radius 1 is 1.33 bits per heavy atom. The van der Waals surface area contributed by atoms with Gasteiger partial charge in [0.1, 0.15) is 11.3 Å². The molecule has 7 heteroatoms. The summed E-state index contributed by atoms with van der Waals surface area (Å²) >= 11 is 5.96. The maximum absolute atomic E-state index is 5.96. The fraction of sp³-hybridized carbons (Fsp3) is 0.214. The first-order chi connectivity index (χ1) is 10.3. The minimum absolute atomic E-state index is 0.415. The van der Waals surface area contributed by atoms with E-state index in [0.717, 1.165) is 13.0 Å². The molecule has 2 N–H and O–H groups in total. The van der Waals surface area contributed by atoms with Gasteiger partial charge in [-0.3, -0.25) is 0 Å². The lowest BCUT2D eigenvalue weighted by atomic mass is 10.3. The quantitative estimate of drug-likeness (QED) is 0.753. The normalized spacial score (nSPS) is 10.8. The fourth-order valence-corrected chi connectivity index (χ4v) is 2.02. The third kappa shape index (κ3) is 3.05. The van der Waals surface area contributed by atoms with Crippen LogP contribution in [0.3, 0.4) is 0 Å². The van der Waals surface area contributed by atoms with Crippen LogP contribution in [-0.4, -0.2) is 26.5 Å². The second-order valence-corrected chi connectivity index (χ2v) is 4.88. The lowest BCUT2D eigenvalue weighted by Crippen LogP contribution is -2.05. The average Bonchev–Trinajstić information content (AvgIpc) is 2.94. The van der Waals surface area contributed by atoms with Gasteiger partial charge in [-0.25, -0.2) is 4.98 Å². The van der Waals surface area contributed by atoms with Crippen LogP contribution in [0.25, 0.3) is 11.2 Å². The molecule has 2 heterocycles. The van der Waals surface area contributed by atoms with Crippen molar-refractivity contribution >= 4 is 28.7 Å². The number of fused-ring (bicyclic) bond motifs is 1. The van der Waals surface area contributed by atoms with Crippen molar-refractivity contribution in [2.75, 3.05) is 11.9 Å². The summed E-state index contributed by atoms with van der Waals surface area (Å²) in [4.78, 5) is 15.8. The number of ether oxygens (including phenoxy) is 1. The molecule has 21 heavy (non-hydrogen) atoms. The van der Waals surface area contributed by atoms with E-state index in [9.17, 15) is 0 Å². The molecule has 0 amide bonds. The van der Waals surface area contributed by atoms with E-state index in [-0.39, 0.29) is 0 Å². The Morgan fingerprint density at radius 2 is 2.24 bits per heavy atom. The predicted octanol–water partition coefficient (Wildman–Crippen LogP) is 3.62. The van der Waals surface area contributed by atoms with Crippen molar-refractivity contribution in [3.63, 3.8) is 0 Å². The molecule has 3 aromatic rings. The van der Waals surface area contributed by atoms with E-state index in [0.29, 0.717) is 33.8 Å². The monoisotopic (exact) mass is 303 g/mol. The number of benzene rings is 1. The van der Waals surface area contributed by atoms with Crippen molar-refractivity contribution in [3.8, 4) is 11.6 Å². The minimum Gasteiger partial charge on any atom is -0.437 e. The molecular weight excluding hydrogens is 290 g/mol. The van der Waals surface area contributed by atoms with Crippen LogP contribution in [0.2, 0.25) is 5.02 Å². The van der Waals surface area contributed by atoms with Gasteiger partial charge in [0.05, 0.1) is 6.33 Å². The molecule has 3 rings (SSSR count). The molecule has 0 spiro atoms. The van der Waals surface area contributed by atoms with Crippen LogP contribution in [0.5, 0.6) is 11.6 Å². The Kier molecular flexibility index (Phi) is 3.87. The van der Waals surface area contributed by atoms with E-state index >= 15 is 0 Å². The summed E-state index contributed by atoms with van der Waals surface area (Å²) in [5.74, 6) is 1.52. The topological polar surface area (TPSA) is 75.7 Å². The van der Waals surface area contributed by atoms with Gasteiger partial charge in [-0.05, 0) is 24.6 Å². The van der Waals surface area contributed by atoms with Crippen LogP contribution in [-0.2, 0) is 0 Å². The molecular formula is C14H14ClN5O. The summed E-state index contributed by atoms with van der Waals surface area (Å²) in [5, 5.41) is 3.74. The van der Waals surface area contributed by atoms with Gasteiger partial charge in [0.25, 0.3) is 5.88 Å². The number of aromatic nitrogens is 4. The highest BCUT2D eigenvalue weighted by Crippen LogP contribution is 2.27. The SMILES string of the molecule is CCCNc1nc(Oc2cccc(Cl)c2)c2[nH]cnc2n1. The van der Waals surface area contributed by atoms with Crippen molar-refractivity contribution in [1.82, 2.24) is 19.9 Å². The van der Waals surface area contributed by atoms with Crippen LogP contribution in [0, 0.1) is 0 Å². The molecule has 0 fully saturated rings. The van der Waals surface area contributed by atoms with Gasteiger partial charge in [0, 0.05) is 11.6 Å². The second-order valence-electron chi connectivity index (χ2n) is 4.44. The third-order valence-electron chi connectivity index (χ3n) is 2.80. The molecule has 6 nitrogen and oxygen atoms in total. The molecule has 0 bridgehead atoms. The molecule has 0 saturated carbocycles. The van der Waals surface area contributed by atoms with E-state index in [1.54, 1.807) is 18.5 Å². The molecule has 108 valence electrons. The maximum atomic E-state index is 5.96.